The van der Waals surface area contributed by atoms with Gasteiger partial charge in [-0.2, -0.15) is 0 Å². The summed E-state index contributed by atoms with van der Waals surface area (Å²) < 4.78 is 4.63. The van der Waals surface area contributed by atoms with Crippen LogP contribution in [0.5, 0.6) is 0 Å². The van der Waals surface area contributed by atoms with Crippen molar-refractivity contribution in [1.82, 2.24) is 4.57 Å². The zero-order chi connectivity index (χ0) is 16.0. The number of aromatic nitrogens is 1. The van der Waals surface area contributed by atoms with E-state index in [9.17, 15) is 0 Å². The molecular weight excluding hydrogens is 314 g/mol. The van der Waals surface area contributed by atoms with E-state index in [1.807, 2.05) is 18.1 Å². The molecule has 24 heavy (non-hydrogen) atoms. The van der Waals surface area contributed by atoms with Crippen LogP contribution in [0.4, 0.5) is 0 Å². The highest BCUT2D eigenvalue weighted by Crippen LogP contribution is 2.49. The first kappa shape index (κ1) is 13.0. The Labute approximate surface area is 144 Å². The summed E-state index contributed by atoms with van der Waals surface area (Å²) in [5.74, 6) is 0.355. The van der Waals surface area contributed by atoms with E-state index in [0.29, 0.717) is 5.92 Å². The van der Waals surface area contributed by atoms with Crippen LogP contribution in [0.15, 0.2) is 46.9 Å². The van der Waals surface area contributed by atoms with Gasteiger partial charge in [0.05, 0.1) is 12.6 Å². The molecule has 3 nitrogen and oxygen atoms in total. The van der Waals surface area contributed by atoms with E-state index in [2.05, 4.69) is 65.1 Å². The Balaban J connectivity index is 1.91. The Morgan fingerprint density at radius 3 is 2.83 bits per heavy atom. The minimum atomic E-state index is 0.280. The molecular formula is C20H16N3S+. The summed E-state index contributed by atoms with van der Waals surface area (Å²) in [5.41, 5.74) is 6.92. The van der Waals surface area contributed by atoms with Crippen LogP contribution in [0.25, 0.3) is 27.4 Å². The second kappa shape index (κ2) is 4.19. The molecule has 2 unspecified atom stereocenters. The molecule has 0 N–H and O–H groups in total. The molecule has 2 atom stereocenters. The normalized spacial score (nSPS) is 24.0. The molecule has 0 radical (unpaired) electrons. The molecule has 3 aliphatic rings. The molecule has 1 aromatic heterocycles. The molecule has 3 aromatic rings. The van der Waals surface area contributed by atoms with Gasteiger partial charge in [-0.15, -0.1) is 0 Å². The van der Waals surface area contributed by atoms with E-state index in [0.717, 1.165) is 0 Å². The maximum Gasteiger partial charge on any atom is 0.281 e. The van der Waals surface area contributed by atoms with Gasteiger partial charge in [0.1, 0.15) is 11.6 Å². The van der Waals surface area contributed by atoms with Gasteiger partial charge >= 0.3 is 0 Å². The topological polar surface area (TPSA) is 20.3 Å². The van der Waals surface area contributed by atoms with Crippen molar-refractivity contribution in [3.63, 3.8) is 0 Å². The largest absolute Gasteiger partial charge is 0.318 e. The maximum atomic E-state index is 4.75. The van der Waals surface area contributed by atoms with Crippen LogP contribution in [0.3, 0.4) is 0 Å². The van der Waals surface area contributed by atoms with Crippen molar-refractivity contribution in [1.29, 1.82) is 0 Å². The minimum absolute atomic E-state index is 0.280. The Bertz CT molecular complexity index is 1160. The van der Waals surface area contributed by atoms with Crippen molar-refractivity contribution in [2.24, 2.45) is 10.9 Å². The second-order valence-corrected chi connectivity index (χ2v) is 7.79. The first-order chi connectivity index (χ1) is 11.8. The van der Waals surface area contributed by atoms with Crippen LogP contribution in [-0.2, 0) is 0 Å². The van der Waals surface area contributed by atoms with Gasteiger partial charge in [0.25, 0.3) is 6.34 Å². The lowest BCUT2D eigenvalue weighted by atomic mass is 9.84. The van der Waals surface area contributed by atoms with Crippen molar-refractivity contribution in [3.05, 3.63) is 53.1 Å². The van der Waals surface area contributed by atoms with Crippen LogP contribution in [-0.4, -0.2) is 33.6 Å². The van der Waals surface area contributed by atoms with E-state index >= 15 is 0 Å². The molecule has 0 bridgehead atoms. The number of nitrogens with zero attached hydrogens (tertiary/aromatic N) is 3. The van der Waals surface area contributed by atoms with Gasteiger partial charge in [-0.1, -0.05) is 41.0 Å². The molecule has 0 fully saturated rings. The highest BCUT2D eigenvalue weighted by Gasteiger charge is 2.47. The molecule has 4 heterocycles. The van der Waals surface area contributed by atoms with E-state index < -0.39 is 0 Å². The average molecular weight is 330 g/mol. The quantitative estimate of drug-likeness (QED) is 0.569. The van der Waals surface area contributed by atoms with Crippen molar-refractivity contribution in [2.75, 3.05) is 7.05 Å². The average Bonchev–Trinajstić information content (AvgIpc) is 3.22. The molecule has 0 amide bonds. The number of benzene rings is 2. The highest BCUT2D eigenvalue weighted by molar-refractivity contribution is 8.03. The molecule has 4 heteroatoms. The summed E-state index contributed by atoms with van der Waals surface area (Å²) in [6.45, 7) is 2.27. The molecule has 2 aromatic carbocycles. The van der Waals surface area contributed by atoms with E-state index in [4.69, 9.17) is 4.99 Å². The zero-order valence-corrected chi connectivity index (χ0v) is 14.3. The predicted octanol–water partition coefficient (Wildman–Crippen LogP) is 4.08. The fourth-order valence-corrected chi connectivity index (χ4v) is 5.70. The molecule has 0 saturated heterocycles. The molecule has 116 valence electrons. The number of hydrogen-bond acceptors (Lipinski definition) is 2. The van der Waals surface area contributed by atoms with Crippen LogP contribution in [0, 0.1) is 12.8 Å². The van der Waals surface area contributed by atoms with Gasteiger partial charge in [0.15, 0.2) is 0 Å². The summed E-state index contributed by atoms with van der Waals surface area (Å²) in [6, 6.07) is 11.1. The van der Waals surface area contributed by atoms with Crippen molar-refractivity contribution in [2.45, 2.75) is 12.3 Å². The smallest absolute Gasteiger partial charge is 0.281 e. The first-order valence-electron chi connectivity index (χ1n) is 8.27. The van der Waals surface area contributed by atoms with Gasteiger partial charge in [0, 0.05) is 22.8 Å². The number of aryl methyl sites for hydroxylation is 1. The Morgan fingerprint density at radius 1 is 1.12 bits per heavy atom. The summed E-state index contributed by atoms with van der Waals surface area (Å²) >= 11 is 1.84. The number of rotatable bonds is 0. The summed E-state index contributed by atoms with van der Waals surface area (Å²) in [5, 5.41) is 6.64. The SMILES string of the molecule is Cc1c2c3c(ccn3C3=CSC4N=C[N+](C)=C2C34)c2ccccc12. The summed E-state index contributed by atoms with van der Waals surface area (Å²) in [7, 11) is 2.13. The van der Waals surface area contributed by atoms with Gasteiger partial charge < -0.3 is 4.57 Å². The molecule has 0 saturated carbocycles. The predicted molar refractivity (Wildman–Crippen MR) is 102 cm³/mol. The molecule has 3 aliphatic heterocycles. The van der Waals surface area contributed by atoms with Crippen molar-refractivity contribution >= 4 is 51.2 Å². The monoisotopic (exact) mass is 330 g/mol. The van der Waals surface area contributed by atoms with Crippen molar-refractivity contribution in [3.8, 4) is 0 Å². The van der Waals surface area contributed by atoms with Crippen molar-refractivity contribution < 1.29 is 4.58 Å². The summed E-state index contributed by atoms with van der Waals surface area (Å²) in [4.78, 5) is 4.75. The lowest BCUT2D eigenvalue weighted by Crippen LogP contribution is -2.39. The van der Waals surface area contributed by atoms with Gasteiger partial charge in [-0.3, -0.25) is 0 Å². The standard InChI is InChI=1S/C20H16N3S/c1-11-12-5-3-4-6-13(12)14-7-8-23-15-9-24-20-17(15)19(16(11)18(14)23)22(2)10-21-20/h3-10,17,20H,1-2H3/q+1. The lowest BCUT2D eigenvalue weighted by Gasteiger charge is -2.29. The van der Waals surface area contributed by atoms with Gasteiger partial charge in [0.2, 0.25) is 5.37 Å². The third-order valence-electron chi connectivity index (χ3n) is 5.65. The van der Waals surface area contributed by atoms with E-state index in [1.54, 1.807) is 0 Å². The Kier molecular flexibility index (Phi) is 2.27. The maximum absolute atomic E-state index is 4.75. The molecule has 6 rings (SSSR count). The molecule has 0 spiro atoms. The lowest BCUT2D eigenvalue weighted by molar-refractivity contribution is -0.364. The van der Waals surface area contributed by atoms with Crippen LogP contribution in [0.2, 0.25) is 0 Å². The Hall–Kier alpha value is -2.33. The van der Waals surface area contributed by atoms with Crippen LogP contribution >= 0.6 is 11.8 Å². The zero-order valence-electron chi connectivity index (χ0n) is 13.5. The second-order valence-electron chi connectivity index (χ2n) is 6.80. The van der Waals surface area contributed by atoms with Crippen LogP contribution < -0.4 is 0 Å². The number of aliphatic imine (C=N–C) groups is 1. The van der Waals surface area contributed by atoms with Gasteiger partial charge in [-0.25, -0.2) is 4.58 Å². The third kappa shape index (κ3) is 1.33. The van der Waals surface area contributed by atoms with Gasteiger partial charge in [-0.05, 0) is 34.7 Å². The Morgan fingerprint density at radius 2 is 1.96 bits per heavy atom. The highest BCUT2D eigenvalue weighted by atomic mass is 32.2. The van der Waals surface area contributed by atoms with E-state index in [-0.39, 0.29) is 5.37 Å². The third-order valence-corrected chi connectivity index (χ3v) is 6.70. The fourth-order valence-electron chi connectivity index (χ4n) is 4.61. The number of fused-ring (bicyclic) bond motifs is 4. The van der Waals surface area contributed by atoms with E-state index in [1.165, 1.54) is 44.2 Å². The molecule has 0 aliphatic carbocycles. The number of hydrogen-bond donors (Lipinski definition) is 0. The van der Waals surface area contributed by atoms with Crippen LogP contribution in [0.1, 0.15) is 11.1 Å². The first-order valence-corrected chi connectivity index (χ1v) is 9.21. The summed E-state index contributed by atoms with van der Waals surface area (Å²) in [6.07, 6.45) is 4.24. The minimum Gasteiger partial charge on any atom is -0.318 e. The fraction of sp³-hybridized carbons (Fsp3) is 0.200. The number of thioether (sulfide) groups is 1.